The maximum atomic E-state index is 12.2. The van der Waals surface area contributed by atoms with Gasteiger partial charge in [0.2, 0.25) is 0 Å². The van der Waals surface area contributed by atoms with E-state index >= 15 is 0 Å². The molecule has 146 valence electrons. The third kappa shape index (κ3) is 7.01. The number of aromatic nitrogens is 2. The average molecular weight is 409 g/mol. The van der Waals surface area contributed by atoms with Gasteiger partial charge >= 0.3 is 0 Å². The first-order valence-electron chi connectivity index (χ1n) is 8.78. The van der Waals surface area contributed by atoms with Gasteiger partial charge in [0, 0.05) is 44.6 Å². The standard InChI is InChI=1S/C19H25ClN4O2S/c1-4-9-24(2)17-12-16(20)22-19(23-17)27-13-14-6-5-7-15(11-14)18(25)21-8-10-26-3/h5-7,11-12H,4,8-10,13H2,1-3H3,(H,21,25). The van der Waals surface area contributed by atoms with Crippen molar-refractivity contribution < 1.29 is 9.53 Å². The van der Waals surface area contributed by atoms with Gasteiger partial charge in [-0.2, -0.15) is 0 Å². The van der Waals surface area contributed by atoms with Crippen molar-refractivity contribution in [2.45, 2.75) is 24.3 Å². The lowest BCUT2D eigenvalue weighted by Gasteiger charge is -2.17. The predicted molar refractivity (Wildman–Crippen MR) is 111 cm³/mol. The first-order chi connectivity index (χ1) is 13.0. The molecule has 0 atom stereocenters. The number of methoxy groups -OCH3 is 1. The Bertz CT molecular complexity index is 760. The van der Waals surface area contributed by atoms with Crippen molar-refractivity contribution in [1.29, 1.82) is 0 Å². The molecule has 0 saturated carbocycles. The van der Waals surface area contributed by atoms with Crippen LogP contribution >= 0.6 is 23.4 Å². The number of ether oxygens (including phenoxy) is 1. The van der Waals surface area contributed by atoms with E-state index in [0.29, 0.717) is 34.8 Å². The fraction of sp³-hybridized carbons (Fsp3) is 0.421. The molecule has 0 aliphatic carbocycles. The maximum absolute atomic E-state index is 12.2. The van der Waals surface area contributed by atoms with Crippen molar-refractivity contribution in [3.05, 3.63) is 46.6 Å². The van der Waals surface area contributed by atoms with Gasteiger partial charge in [0.1, 0.15) is 11.0 Å². The van der Waals surface area contributed by atoms with Crippen LogP contribution in [0.25, 0.3) is 0 Å². The van der Waals surface area contributed by atoms with Gasteiger partial charge in [-0.3, -0.25) is 4.79 Å². The molecule has 6 nitrogen and oxygen atoms in total. The molecular formula is C19H25ClN4O2S. The fourth-order valence-corrected chi connectivity index (χ4v) is 3.44. The molecule has 0 bridgehead atoms. The quantitative estimate of drug-likeness (QED) is 0.280. The molecule has 0 aliphatic rings. The number of benzene rings is 1. The van der Waals surface area contributed by atoms with E-state index < -0.39 is 0 Å². The van der Waals surface area contributed by atoms with E-state index in [-0.39, 0.29) is 5.91 Å². The number of nitrogens with one attached hydrogen (secondary N) is 1. The molecule has 0 saturated heterocycles. The van der Waals surface area contributed by atoms with Crippen molar-refractivity contribution in [2.24, 2.45) is 0 Å². The zero-order chi connectivity index (χ0) is 19.6. The van der Waals surface area contributed by atoms with Crippen LogP contribution in [-0.2, 0) is 10.5 Å². The summed E-state index contributed by atoms with van der Waals surface area (Å²) in [5.74, 6) is 1.35. The maximum Gasteiger partial charge on any atom is 0.251 e. The minimum absolute atomic E-state index is 0.110. The van der Waals surface area contributed by atoms with Gasteiger partial charge in [0.05, 0.1) is 6.61 Å². The molecule has 0 fully saturated rings. The number of nitrogens with zero attached hydrogens (tertiary/aromatic N) is 3. The van der Waals surface area contributed by atoms with Crippen LogP contribution in [0, 0.1) is 0 Å². The first kappa shape index (κ1) is 21.5. The van der Waals surface area contributed by atoms with Crippen LogP contribution < -0.4 is 10.2 Å². The lowest BCUT2D eigenvalue weighted by atomic mass is 10.1. The number of halogens is 1. The molecule has 2 aromatic rings. The summed E-state index contributed by atoms with van der Waals surface area (Å²) >= 11 is 7.64. The Morgan fingerprint density at radius 1 is 1.33 bits per heavy atom. The third-order valence-electron chi connectivity index (χ3n) is 3.76. The van der Waals surface area contributed by atoms with Crippen LogP contribution in [0.1, 0.15) is 29.3 Å². The molecule has 1 amide bonds. The first-order valence-corrected chi connectivity index (χ1v) is 10.1. The van der Waals surface area contributed by atoms with Gasteiger partial charge in [-0.1, -0.05) is 42.4 Å². The molecule has 8 heteroatoms. The third-order valence-corrected chi connectivity index (χ3v) is 4.87. The van der Waals surface area contributed by atoms with Gasteiger partial charge < -0.3 is 15.0 Å². The number of hydrogen-bond donors (Lipinski definition) is 1. The van der Waals surface area contributed by atoms with Crippen LogP contribution in [0.4, 0.5) is 5.82 Å². The highest BCUT2D eigenvalue weighted by Crippen LogP contribution is 2.24. The summed E-state index contributed by atoms with van der Waals surface area (Å²) < 4.78 is 4.94. The second-order valence-electron chi connectivity index (χ2n) is 5.99. The molecule has 0 unspecified atom stereocenters. The lowest BCUT2D eigenvalue weighted by Crippen LogP contribution is -2.26. The minimum atomic E-state index is -0.110. The van der Waals surface area contributed by atoms with Crippen molar-refractivity contribution in [1.82, 2.24) is 15.3 Å². The Morgan fingerprint density at radius 2 is 2.15 bits per heavy atom. The van der Waals surface area contributed by atoms with Crippen LogP contribution in [0.3, 0.4) is 0 Å². The minimum Gasteiger partial charge on any atom is -0.383 e. The number of rotatable bonds is 10. The molecule has 1 aromatic heterocycles. The second kappa shape index (κ2) is 11.1. The van der Waals surface area contributed by atoms with Gasteiger partial charge in [0.25, 0.3) is 5.91 Å². The summed E-state index contributed by atoms with van der Waals surface area (Å²) in [5.41, 5.74) is 1.64. The van der Waals surface area contributed by atoms with Gasteiger partial charge in [-0.15, -0.1) is 0 Å². The van der Waals surface area contributed by atoms with Crippen molar-refractivity contribution in [2.75, 3.05) is 38.8 Å². The van der Waals surface area contributed by atoms with Gasteiger partial charge in [0.15, 0.2) is 5.16 Å². The van der Waals surface area contributed by atoms with Crippen molar-refractivity contribution >= 4 is 35.1 Å². The molecular weight excluding hydrogens is 384 g/mol. The number of hydrogen-bond acceptors (Lipinski definition) is 6. The van der Waals surface area contributed by atoms with Gasteiger partial charge in [-0.25, -0.2) is 9.97 Å². The molecule has 0 radical (unpaired) electrons. The van der Waals surface area contributed by atoms with Crippen LogP contribution in [0.2, 0.25) is 5.15 Å². The Kier molecular flexibility index (Phi) is 8.84. The Morgan fingerprint density at radius 3 is 2.89 bits per heavy atom. The summed E-state index contributed by atoms with van der Waals surface area (Å²) in [7, 11) is 3.59. The van der Waals surface area contributed by atoms with E-state index in [1.54, 1.807) is 19.2 Å². The molecule has 2 rings (SSSR count). The van der Waals surface area contributed by atoms with E-state index in [4.69, 9.17) is 16.3 Å². The van der Waals surface area contributed by atoms with Crippen LogP contribution in [0.15, 0.2) is 35.5 Å². The number of carbonyl (C=O) groups is 1. The van der Waals surface area contributed by atoms with E-state index in [1.807, 2.05) is 25.2 Å². The van der Waals surface area contributed by atoms with Crippen molar-refractivity contribution in [3.8, 4) is 0 Å². The molecule has 1 heterocycles. The van der Waals surface area contributed by atoms with E-state index in [1.165, 1.54) is 11.8 Å². The van der Waals surface area contributed by atoms with Crippen LogP contribution in [0.5, 0.6) is 0 Å². The monoisotopic (exact) mass is 408 g/mol. The summed E-state index contributed by atoms with van der Waals surface area (Å²) in [4.78, 5) is 23.1. The summed E-state index contributed by atoms with van der Waals surface area (Å²) in [5, 5.41) is 3.87. The molecule has 0 aliphatic heterocycles. The Labute approximate surface area is 169 Å². The zero-order valence-corrected chi connectivity index (χ0v) is 17.4. The smallest absolute Gasteiger partial charge is 0.251 e. The lowest BCUT2D eigenvalue weighted by molar-refractivity contribution is 0.0937. The largest absolute Gasteiger partial charge is 0.383 e. The summed E-state index contributed by atoms with van der Waals surface area (Å²) in [6, 6.07) is 9.30. The second-order valence-corrected chi connectivity index (χ2v) is 7.32. The topological polar surface area (TPSA) is 67.4 Å². The Balaban J connectivity index is 2.02. The highest BCUT2D eigenvalue weighted by Gasteiger charge is 2.10. The number of amides is 1. The average Bonchev–Trinajstić information content (AvgIpc) is 2.66. The van der Waals surface area contributed by atoms with Crippen molar-refractivity contribution in [3.63, 3.8) is 0 Å². The Hall–Kier alpha value is -1.83. The normalized spacial score (nSPS) is 10.7. The summed E-state index contributed by atoms with van der Waals surface area (Å²) in [6.45, 7) is 3.99. The number of carbonyl (C=O) groups excluding carboxylic acids is 1. The van der Waals surface area contributed by atoms with Gasteiger partial charge in [-0.05, 0) is 24.1 Å². The van der Waals surface area contributed by atoms with E-state index in [2.05, 4.69) is 27.1 Å². The zero-order valence-electron chi connectivity index (χ0n) is 15.9. The van der Waals surface area contributed by atoms with Crippen LogP contribution in [-0.4, -0.2) is 49.7 Å². The molecule has 27 heavy (non-hydrogen) atoms. The SMILES string of the molecule is CCCN(C)c1cc(Cl)nc(SCc2cccc(C(=O)NCCOC)c2)n1. The highest BCUT2D eigenvalue weighted by atomic mass is 35.5. The predicted octanol–water partition coefficient (Wildman–Crippen LogP) is 3.64. The van der Waals surface area contributed by atoms with E-state index in [9.17, 15) is 4.79 Å². The highest BCUT2D eigenvalue weighted by molar-refractivity contribution is 7.98. The number of thioether (sulfide) groups is 1. The fourth-order valence-electron chi connectivity index (χ4n) is 2.41. The molecule has 0 spiro atoms. The molecule has 1 N–H and O–H groups in total. The number of anilines is 1. The van der Waals surface area contributed by atoms with E-state index in [0.717, 1.165) is 24.3 Å². The summed E-state index contributed by atoms with van der Waals surface area (Å²) in [6.07, 6.45) is 1.03. The molecule has 1 aromatic carbocycles.